The van der Waals surface area contributed by atoms with Gasteiger partial charge in [-0.05, 0) is 76.1 Å². The van der Waals surface area contributed by atoms with E-state index in [4.69, 9.17) is 10.1 Å². The molecule has 0 bridgehead atoms. The molecule has 2 aromatic heterocycles. The van der Waals surface area contributed by atoms with Gasteiger partial charge in [-0.1, -0.05) is 18.2 Å². The van der Waals surface area contributed by atoms with E-state index in [1.54, 1.807) is 11.3 Å². The van der Waals surface area contributed by atoms with Gasteiger partial charge in [0.15, 0.2) is 0 Å². The second-order valence-electron chi connectivity index (χ2n) is 9.36. The van der Waals surface area contributed by atoms with E-state index in [2.05, 4.69) is 34.7 Å². The molecule has 1 aliphatic carbocycles. The van der Waals surface area contributed by atoms with E-state index in [-0.39, 0.29) is 12.1 Å². The summed E-state index contributed by atoms with van der Waals surface area (Å²) in [6.45, 7) is 8.36. The van der Waals surface area contributed by atoms with Crippen LogP contribution < -0.4 is 5.32 Å². The lowest BCUT2D eigenvalue weighted by molar-refractivity contribution is 0.0165. The largest absolute Gasteiger partial charge is 0.444 e. The molecule has 3 N–H and O–H groups in total. The Hall–Kier alpha value is -3.06. The number of hydrogen-bond acceptors (Lipinski definition) is 4. The number of aromatic amines is 1. The van der Waals surface area contributed by atoms with Gasteiger partial charge in [-0.2, -0.15) is 0 Å². The fourth-order valence-electron chi connectivity index (χ4n) is 4.30. The second-order valence-corrected chi connectivity index (χ2v) is 10.3. The van der Waals surface area contributed by atoms with Gasteiger partial charge in [-0.25, -0.2) is 4.79 Å². The number of rotatable bonds is 5. The first kappa shape index (κ1) is 23.1. The standard InChI is InChI=1S/C26H32N4O2S/c1-5-30(25(31)32-26(2,3)4)19-11-8-17(9-12-19)21-16-28-22-15-18(10-13-20(21)22)29-24(27)23-7-6-14-33-23/h6-8,10,13-16,19,28H,5,9,11-12H2,1-4H3,(H2,27,29). The normalized spacial score (nSPS) is 16.4. The molecule has 0 fully saturated rings. The van der Waals surface area contributed by atoms with E-state index in [9.17, 15) is 4.79 Å². The summed E-state index contributed by atoms with van der Waals surface area (Å²) in [6.07, 6.45) is 6.77. The Kier molecular flexibility index (Phi) is 6.61. The van der Waals surface area contributed by atoms with Crippen molar-refractivity contribution in [3.63, 3.8) is 0 Å². The average Bonchev–Trinajstić information content (AvgIpc) is 3.44. The smallest absolute Gasteiger partial charge is 0.410 e. The Bertz CT molecular complexity index is 1170. The molecule has 0 saturated heterocycles. The monoisotopic (exact) mass is 464 g/mol. The number of allylic oxidation sites excluding steroid dienone is 1. The number of amides is 1. The minimum Gasteiger partial charge on any atom is -0.444 e. The lowest BCUT2D eigenvalue weighted by atomic mass is 9.90. The molecular formula is C26H32N4O2S. The summed E-state index contributed by atoms with van der Waals surface area (Å²) in [7, 11) is 0. The third kappa shape index (κ3) is 5.30. The maximum atomic E-state index is 12.6. The number of carbonyl (C=O) groups excluding carboxylic acids is 1. The molecule has 1 aliphatic rings. The predicted molar refractivity (Wildman–Crippen MR) is 137 cm³/mol. The molecule has 1 aromatic carbocycles. The number of benzene rings is 1. The van der Waals surface area contributed by atoms with Gasteiger partial charge in [0.2, 0.25) is 0 Å². The molecule has 2 heterocycles. The lowest BCUT2D eigenvalue weighted by Gasteiger charge is -2.34. The van der Waals surface area contributed by atoms with Crippen molar-refractivity contribution in [3.05, 3.63) is 58.4 Å². The number of amidine groups is 1. The summed E-state index contributed by atoms with van der Waals surface area (Å²) in [4.78, 5) is 18.8. The summed E-state index contributed by atoms with van der Waals surface area (Å²) in [5.74, 6) is 0.405. The van der Waals surface area contributed by atoms with Crippen LogP contribution in [-0.2, 0) is 4.74 Å². The number of hydrogen-bond donors (Lipinski definition) is 3. The Balaban J connectivity index is 1.46. The highest BCUT2D eigenvalue weighted by Crippen LogP contribution is 2.34. The summed E-state index contributed by atoms with van der Waals surface area (Å²) < 4.78 is 5.60. The Morgan fingerprint density at radius 1 is 1.33 bits per heavy atom. The van der Waals surface area contributed by atoms with E-state index >= 15 is 0 Å². The van der Waals surface area contributed by atoms with Gasteiger partial charge in [0.25, 0.3) is 0 Å². The zero-order chi connectivity index (χ0) is 23.6. The van der Waals surface area contributed by atoms with Crippen LogP contribution in [0.1, 0.15) is 57.4 Å². The molecule has 1 atom stereocenters. The number of anilines is 1. The highest BCUT2D eigenvalue weighted by Gasteiger charge is 2.29. The van der Waals surface area contributed by atoms with Gasteiger partial charge < -0.3 is 19.9 Å². The van der Waals surface area contributed by atoms with E-state index in [1.807, 2.05) is 56.2 Å². The van der Waals surface area contributed by atoms with E-state index in [0.29, 0.717) is 12.4 Å². The van der Waals surface area contributed by atoms with Crippen LogP contribution in [0, 0.1) is 5.41 Å². The van der Waals surface area contributed by atoms with E-state index in [1.165, 1.54) is 16.5 Å². The van der Waals surface area contributed by atoms with Crippen LogP contribution in [0.3, 0.4) is 0 Å². The van der Waals surface area contributed by atoms with Crippen molar-refractivity contribution < 1.29 is 9.53 Å². The second kappa shape index (κ2) is 9.43. The molecule has 0 spiro atoms. The van der Waals surface area contributed by atoms with Crippen molar-refractivity contribution in [2.45, 2.75) is 58.6 Å². The van der Waals surface area contributed by atoms with E-state index in [0.717, 1.165) is 35.3 Å². The molecule has 6 nitrogen and oxygen atoms in total. The quantitative estimate of drug-likeness (QED) is 0.285. The molecule has 0 aliphatic heterocycles. The number of aromatic nitrogens is 1. The van der Waals surface area contributed by atoms with Crippen molar-refractivity contribution in [1.29, 1.82) is 5.41 Å². The van der Waals surface area contributed by atoms with Crippen molar-refractivity contribution in [1.82, 2.24) is 9.88 Å². The number of fused-ring (bicyclic) bond motifs is 1. The SMILES string of the molecule is CCN(C(=O)OC(C)(C)C)C1CC=C(c2c[nH]c3cc(NC(=N)c4cccs4)ccc23)CC1. The van der Waals surface area contributed by atoms with Crippen LogP contribution in [0.5, 0.6) is 0 Å². The van der Waals surface area contributed by atoms with Gasteiger partial charge in [0.05, 0.1) is 4.88 Å². The van der Waals surface area contributed by atoms with Crippen molar-refractivity contribution in [2.24, 2.45) is 0 Å². The first-order chi connectivity index (χ1) is 15.7. The maximum Gasteiger partial charge on any atom is 0.410 e. The summed E-state index contributed by atoms with van der Waals surface area (Å²) >= 11 is 1.55. The Morgan fingerprint density at radius 3 is 2.79 bits per heavy atom. The van der Waals surface area contributed by atoms with Crippen LogP contribution >= 0.6 is 11.3 Å². The first-order valence-electron chi connectivity index (χ1n) is 11.4. The molecule has 7 heteroatoms. The van der Waals surface area contributed by atoms with Crippen molar-refractivity contribution in [3.8, 4) is 0 Å². The third-order valence-corrected chi connectivity index (χ3v) is 6.74. The van der Waals surface area contributed by atoms with Crippen molar-refractivity contribution >= 4 is 45.4 Å². The zero-order valence-electron chi connectivity index (χ0n) is 19.7. The molecule has 33 heavy (non-hydrogen) atoms. The minimum absolute atomic E-state index is 0.165. The number of carbonyl (C=O) groups is 1. The molecule has 3 aromatic rings. The molecule has 1 unspecified atom stereocenters. The van der Waals surface area contributed by atoms with Gasteiger partial charge >= 0.3 is 6.09 Å². The lowest BCUT2D eigenvalue weighted by Crippen LogP contribution is -2.43. The highest BCUT2D eigenvalue weighted by molar-refractivity contribution is 7.12. The topological polar surface area (TPSA) is 81.2 Å². The van der Waals surface area contributed by atoms with E-state index < -0.39 is 5.60 Å². The molecule has 0 radical (unpaired) electrons. The predicted octanol–water partition coefficient (Wildman–Crippen LogP) is 6.86. The Morgan fingerprint density at radius 2 is 2.15 bits per heavy atom. The average molecular weight is 465 g/mol. The number of nitrogens with one attached hydrogen (secondary N) is 3. The molecular weight excluding hydrogens is 432 g/mol. The number of H-pyrrole nitrogens is 1. The molecule has 1 amide bonds. The van der Waals surface area contributed by atoms with Gasteiger partial charge in [0.1, 0.15) is 11.4 Å². The zero-order valence-corrected chi connectivity index (χ0v) is 20.5. The van der Waals surface area contributed by atoms with Crippen LogP contribution in [0.15, 0.2) is 48.0 Å². The summed E-state index contributed by atoms with van der Waals surface area (Å²) in [5.41, 5.74) is 3.97. The first-order valence-corrected chi connectivity index (χ1v) is 12.3. The fraction of sp³-hybridized carbons (Fsp3) is 0.385. The number of nitrogens with zero attached hydrogens (tertiary/aromatic N) is 1. The molecule has 174 valence electrons. The van der Waals surface area contributed by atoms with Crippen LogP contribution in [0.25, 0.3) is 16.5 Å². The molecule has 4 rings (SSSR count). The summed E-state index contributed by atoms with van der Waals surface area (Å²) in [5, 5.41) is 14.6. The van der Waals surface area contributed by atoms with Gasteiger partial charge in [-0.15, -0.1) is 11.3 Å². The van der Waals surface area contributed by atoms with Crippen LogP contribution in [0.2, 0.25) is 0 Å². The maximum absolute atomic E-state index is 12.6. The fourth-order valence-corrected chi connectivity index (χ4v) is 4.93. The molecule has 0 saturated carbocycles. The number of ether oxygens (including phenoxy) is 1. The minimum atomic E-state index is -0.486. The van der Waals surface area contributed by atoms with Gasteiger partial charge in [-0.3, -0.25) is 5.41 Å². The highest BCUT2D eigenvalue weighted by atomic mass is 32.1. The summed E-state index contributed by atoms with van der Waals surface area (Å²) in [6, 6.07) is 10.2. The van der Waals surface area contributed by atoms with Crippen LogP contribution in [0.4, 0.5) is 10.5 Å². The van der Waals surface area contributed by atoms with Gasteiger partial charge in [0, 0.05) is 40.9 Å². The Labute approximate surface area is 199 Å². The number of thiophene rings is 1. The van der Waals surface area contributed by atoms with Crippen LogP contribution in [-0.4, -0.2) is 40.0 Å². The third-order valence-electron chi connectivity index (χ3n) is 5.86. The van der Waals surface area contributed by atoms with Crippen molar-refractivity contribution in [2.75, 3.05) is 11.9 Å².